The highest BCUT2D eigenvalue weighted by atomic mass is 16.5. The largest absolute Gasteiger partial charge is 0.473 e. The number of fused-ring (bicyclic) bond motifs is 1. The first-order chi connectivity index (χ1) is 15.1. The number of imidazole rings is 1. The molecule has 5 heterocycles. The van der Waals surface area contributed by atoms with Crippen molar-refractivity contribution >= 4 is 22.8 Å². The molecule has 0 bridgehead atoms. The van der Waals surface area contributed by atoms with Gasteiger partial charge in [0.2, 0.25) is 11.8 Å². The Morgan fingerprint density at radius 2 is 2.10 bits per heavy atom. The lowest BCUT2D eigenvalue weighted by molar-refractivity contribution is -0.119. The van der Waals surface area contributed by atoms with Gasteiger partial charge in [0.15, 0.2) is 0 Å². The fraction of sp³-hybridized carbons (Fsp3) is 0.455. The highest BCUT2D eigenvalue weighted by Crippen LogP contribution is 2.31. The van der Waals surface area contributed by atoms with Crippen LogP contribution in [0.1, 0.15) is 13.3 Å². The summed E-state index contributed by atoms with van der Waals surface area (Å²) in [5.41, 5.74) is 3.31. The number of aromatic nitrogens is 4. The van der Waals surface area contributed by atoms with Crippen molar-refractivity contribution in [3.8, 4) is 17.1 Å². The van der Waals surface area contributed by atoms with Crippen molar-refractivity contribution in [3.05, 3.63) is 30.7 Å². The predicted octanol–water partition coefficient (Wildman–Crippen LogP) is 1.77. The SMILES string of the molecule is CC(Oc1nc(-c2ccc(N3CCOCC3)nc2)cc2ncn(C)c12)C1CNC(=O)C1. The molecular formula is C22H26N6O3. The van der Waals surface area contributed by atoms with Gasteiger partial charge in [-0.25, -0.2) is 15.0 Å². The molecule has 9 nitrogen and oxygen atoms in total. The van der Waals surface area contributed by atoms with E-state index in [1.807, 2.05) is 42.9 Å². The lowest BCUT2D eigenvalue weighted by atomic mass is 10.0. The van der Waals surface area contributed by atoms with Crippen LogP contribution in [0.4, 0.5) is 5.82 Å². The van der Waals surface area contributed by atoms with E-state index < -0.39 is 0 Å². The Bertz CT molecular complexity index is 1090. The summed E-state index contributed by atoms with van der Waals surface area (Å²) in [4.78, 5) is 27.8. The molecule has 5 rings (SSSR count). The first-order valence-electron chi connectivity index (χ1n) is 10.6. The number of anilines is 1. The highest BCUT2D eigenvalue weighted by molar-refractivity contribution is 5.84. The fourth-order valence-corrected chi connectivity index (χ4v) is 4.12. The molecule has 2 aliphatic rings. The van der Waals surface area contributed by atoms with Crippen LogP contribution in [0.2, 0.25) is 0 Å². The molecule has 0 aromatic carbocycles. The molecule has 2 aliphatic heterocycles. The molecule has 31 heavy (non-hydrogen) atoms. The van der Waals surface area contributed by atoms with E-state index in [4.69, 9.17) is 14.5 Å². The number of hydrogen-bond donors (Lipinski definition) is 1. The van der Waals surface area contributed by atoms with Gasteiger partial charge in [-0.2, -0.15) is 0 Å². The molecule has 0 saturated carbocycles. The van der Waals surface area contributed by atoms with E-state index in [1.165, 1.54) is 0 Å². The third kappa shape index (κ3) is 3.93. The van der Waals surface area contributed by atoms with Crippen LogP contribution in [-0.4, -0.2) is 64.4 Å². The molecule has 2 unspecified atom stereocenters. The number of ether oxygens (including phenoxy) is 2. The van der Waals surface area contributed by atoms with Crippen LogP contribution in [0.3, 0.4) is 0 Å². The van der Waals surface area contributed by atoms with Crippen LogP contribution in [0.5, 0.6) is 5.88 Å². The Labute approximate surface area is 180 Å². The van der Waals surface area contributed by atoms with E-state index in [0.29, 0.717) is 18.8 Å². The molecule has 162 valence electrons. The molecule has 3 aromatic heterocycles. The van der Waals surface area contributed by atoms with Crippen molar-refractivity contribution < 1.29 is 14.3 Å². The van der Waals surface area contributed by atoms with E-state index in [1.54, 1.807) is 6.33 Å². The van der Waals surface area contributed by atoms with Gasteiger partial charge in [-0.05, 0) is 25.1 Å². The molecule has 9 heteroatoms. The second-order valence-corrected chi connectivity index (χ2v) is 8.13. The minimum Gasteiger partial charge on any atom is -0.473 e. The molecule has 0 aliphatic carbocycles. The summed E-state index contributed by atoms with van der Waals surface area (Å²) in [6.45, 7) is 5.75. The normalized spacial score (nSPS) is 20.1. The summed E-state index contributed by atoms with van der Waals surface area (Å²) in [6, 6.07) is 6.00. The topological polar surface area (TPSA) is 94.4 Å². The van der Waals surface area contributed by atoms with Gasteiger partial charge in [0.05, 0.1) is 30.8 Å². The molecule has 0 radical (unpaired) electrons. The zero-order valence-corrected chi connectivity index (χ0v) is 17.7. The summed E-state index contributed by atoms with van der Waals surface area (Å²) in [6.07, 6.45) is 3.92. The van der Waals surface area contributed by atoms with Gasteiger partial charge in [-0.3, -0.25) is 4.79 Å². The van der Waals surface area contributed by atoms with Crippen LogP contribution in [0, 0.1) is 5.92 Å². The number of morpholine rings is 1. The third-order valence-corrected chi connectivity index (χ3v) is 6.01. The quantitative estimate of drug-likeness (QED) is 0.670. The first kappa shape index (κ1) is 19.7. The van der Waals surface area contributed by atoms with Crippen molar-refractivity contribution in [1.82, 2.24) is 24.8 Å². The van der Waals surface area contributed by atoms with E-state index in [9.17, 15) is 4.79 Å². The molecule has 3 aromatic rings. The number of pyridine rings is 2. The number of nitrogens with one attached hydrogen (secondary N) is 1. The fourth-order valence-electron chi connectivity index (χ4n) is 4.12. The van der Waals surface area contributed by atoms with Crippen LogP contribution < -0.4 is 15.0 Å². The van der Waals surface area contributed by atoms with Gasteiger partial charge >= 0.3 is 0 Å². The number of carbonyl (C=O) groups is 1. The maximum absolute atomic E-state index is 11.6. The van der Waals surface area contributed by atoms with E-state index in [0.717, 1.165) is 54.4 Å². The number of aryl methyl sites for hydroxylation is 1. The maximum Gasteiger partial charge on any atom is 0.241 e. The number of rotatable bonds is 5. The Morgan fingerprint density at radius 1 is 1.26 bits per heavy atom. The van der Waals surface area contributed by atoms with Gasteiger partial charge in [0.25, 0.3) is 0 Å². The maximum atomic E-state index is 11.6. The van der Waals surface area contributed by atoms with Crippen LogP contribution >= 0.6 is 0 Å². The van der Waals surface area contributed by atoms with E-state index >= 15 is 0 Å². The summed E-state index contributed by atoms with van der Waals surface area (Å²) in [7, 11) is 1.92. The zero-order valence-electron chi connectivity index (χ0n) is 17.7. The summed E-state index contributed by atoms with van der Waals surface area (Å²) < 4.78 is 13.6. The Balaban J connectivity index is 1.44. The number of carbonyl (C=O) groups excluding carboxylic acids is 1. The molecule has 2 atom stereocenters. The first-order valence-corrected chi connectivity index (χ1v) is 10.6. The van der Waals surface area contributed by atoms with Gasteiger partial charge in [-0.15, -0.1) is 0 Å². The van der Waals surface area contributed by atoms with Gasteiger partial charge < -0.3 is 24.3 Å². The number of amides is 1. The third-order valence-electron chi connectivity index (χ3n) is 6.01. The molecule has 2 fully saturated rings. The van der Waals surface area contributed by atoms with Crippen LogP contribution in [0.25, 0.3) is 22.3 Å². The molecule has 2 saturated heterocycles. The number of hydrogen-bond acceptors (Lipinski definition) is 7. The number of nitrogens with zero attached hydrogens (tertiary/aromatic N) is 5. The Hall–Kier alpha value is -3.20. The van der Waals surface area contributed by atoms with Crippen LogP contribution in [0.15, 0.2) is 30.7 Å². The highest BCUT2D eigenvalue weighted by Gasteiger charge is 2.29. The smallest absolute Gasteiger partial charge is 0.241 e. The lowest BCUT2D eigenvalue weighted by Crippen LogP contribution is -2.36. The van der Waals surface area contributed by atoms with E-state index in [2.05, 4.69) is 20.2 Å². The Morgan fingerprint density at radius 3 is 2.81 bits per heavy atom. The lowest BCUT2D eigenvalue weighted by Gasteiger charge is -2.27. The van der Waals surface area contributed by atoms with Gasteiger partial charge in [0.1, 0.15) is 17.4 Å². The molecule has 1 N–H and O–H groups in total. The van der Waals surface area contributed by atoms with E-state index in [-0.39, 0.29) is 17.9 Å². The minimum absolute atomic E-state index is 0.0688. The molecule has 0 spiro atoms. The summed E-state index contributed by atoms with van der Waals surface area (Å²) in [5, 5.41) is 2.87. The molecule has 1 amide bonds. The van der Waals surface area contributed by atoms with Gasteiger partial charge in [-0.1, -0.05) is 0 Å². The van der Waals surface area contributed by atoms with Crippen molar-refractivity contribution in [2.24, 2.45) is 13.0 Å². The van der Waals surface area contributed by atoms with Crippen molar-refractivity contribution in [2.45, 2.75) is 19.4 Å². The zero-order chi connectivity index (χ0) is 21.4. The van der Waals surface area contributed by atoms with Crippen molar-refractivity contribution in [1.29, 1.82) is 0 Å². The summed E-state index contributed by atoms with van der Waals surface area (Å²) in [5.74, 6) is 1.65. The average Bonchev–Trinajstić information content (AvgIpc) is 3.40. The second kappa shape index (κ2) is 8.14. The second-order valence-electron chi connectivity index (χ2n) is 8.13. The minimum atomic E-state index is -0.151. The van der Waals surface area contributed by atoms with Crippen LogP contribution in [-0.2, 0) is 16.6 Å². The van der Waals surface area contributed by atoms with Crippen molar-refractivity contribution in [3.63, 3.8) is 0 Å². The predicted molar refractivity (Wildman–Crippen MR) is 116 cm³/mol. The monoisotopic (exact) mass is 422 g/mol. The summed E-state index contributed by atoms with van der Waals surface area (Å²) >= 11 is 0. The van der Waals surface area contributed by atoms with Crippen molar-refractivity contribution in [2.75, 3.05) is 37.7 Å². The average molecular weight is 422 g/mol. The van der Waals surface area contributed by atoms with Gasteiger partial charge in [0, 0.05) is 50.8 Å². The molecular weight excluding hydrogens is 396 g/mol. The Kier molecular flexibility index (Phi) is 5.19. The standard InChI is InChI=1S/C22H26N6O3/c1-14(16-9-20(29)24-12-16)31-22-21-18(25-13-27(21)2)10-17(26-22)15-3-4-19(23-11-15)28-5-7-30-8-6-28/h3-4,10-11,13-14,16H,5-9,12H2,1-2H3,(H,24,29).